The van der Waals surface area contributed by atoms with Gasteiger partial charge in [-0.05, 0) is 0 Å². The maximum atomic E-state index is 2.46. The van der Waals surface area contributed by atoms with Gasteiger partial charge in [-0.2, -0.15) is 47.0 Å². The van der Waals surface area contributed by atoms with E-state index in [1.54, 1.807) is 0 Å². The quantitative estimate of drug-likeness (QED) is 0.720. The molecule has 0 radical (unpaired) electrons. The Morgan fingerprint density at radius 2 is 0.706 bits per heavy atom. The molecule has 0 aromatic carbocycles. The Kier molecular flexibility index (Phi) is 2.67. The van der Waals surface area contributed by atoms with E-state index in [0.29, 0.717) is 5.41 Å². The lowest BCUT2D eigenvalue weighted by molar-refractivity contribution is 0.308. The van der Waals surface area contributed by atoms with Gasteiger partial charge in [0, 0.05) is 47.4 Å². The van der Waals surface area contributed by atoms with Crippen LogP contribution in [0.4, 0.5) is 0 Å². The van der Waals surface area contributed by atoms with Gasteiger partial charge in [0.25, 0.3) is 0 Å². The van der Waals surface area contributed by atoms with Gasteiger partial charge < -0.3 is 0 Å². The zero-order chi connectivity index (χ0) is 11.9. The Morgan fingerprint density at radius 1 is 0.529 bits per heavy atom. The molecule has 8 atom stereocenters. The van der Waals surface area contributed by atoms with Crippen molar-refractivity contribution >= 4 is 47.0 Å². The molecule has 0 nitrogen and oxygen atoms in total. The second kappa shape index (κ2) is 3.73. The summed E-state index contributed by atoms with van der Waals surface area (Å²) in [5, 5.41) is 7.67. The van der Waals surface area contributed by atoms with Crippen molar-refractivity contribution in [2.45, 2.75) is 69.7 Å². The summed E-state index contributed by atoms with van der Waals surface area (Å²) in [5.41, 5.74) is 0.683. The predicted molar refractivity (Wildman–Crippen MR) is 85.8 cm³/mol. The zero-order valence-electron chi connectivity index (χ0n) is 10.8. The molecule has 17 heavy (non-hydrogen) atoms. The fourth-order valence-electron chi connectivity index (χ4n) is 3.81. The minimum atomic E-state index is 0.683. The minimum absolute atomic E-state index is 0.683. The molecule has 0 bridgehead atoms. The number of hydrogen-bond acceptors (Lipinski definition) is 4. The Balaban J connectivity index is 1.69. The third-order valence-electron chi connectivity index (χ3n) is 4.82. The van der Waals surface area contributed by atoms with Gasteiger partial charge in [-0.25, -0.2) is 0 Å². The summed E-state index contributed by atoms with van der Waals surface area (Å²) in [6.45, 7) is 9.82. The molecule has 4 fully saturated rings. The van der Waals surface area contributed by atoms with Crippen LogP contribution in [-0.4, -0.2) is 42.0 Å². The average molecular weight is 305 g/mol. The molecule has 0 saturated carbocycles. The molecule has 8 unspecified atom stereocenters. The maximum Gasteiger partial charge on any atom is 0.0256 e. The topological polar surface area (TPSA) is 0 Å². The van der Waals surface area contributed by atoms with Crippen LogP contribution in [0.1, 0.15) is 27.7 Å². The highest BCUT2D eigenvalue weighted by Gasteiger charge is 2.75. The van der Waals surface area contributed by atoms with Gasteiger partial charge in [-0.15, -0.1) is 0 Å². The van der Waals surface area contributed by atoms with E-state index in [9.17, 15) is 0 Å². The van der Waals surface area contributed by atoms with Gasteiger partial charge in [0.2, 0.25) is 0 Å². The van der Waals surface area contributed by atoms with Gasteiger partial charge in [0.15, 0.2) is 0 Å². The van der Waals surface area contributed by atoms with E-state index in [1.807, 2.05) is 0 Å². The van der Waals surface area contributed by atoms with E-state index in [1.165, 1.54) is 0 Å². The largest absolute Gasteiger partial charge is 0.152 e. The third-order valence-corrected chi connectivity index (χ3v) is 10.8. The van der Waals surface area contributed by atoms with Crippen molar-refractivity contribution in [2.24, 2.45) is 5.41 Å². The Morgan fingerprint density at radius 3 is 0.824 bits per heavy atom. The summed E-state index contributed by atoms with van der Waals surface area (Å²) in [6.07, 6.45) is 0. The third kappa shape index (κ3) is 1.69. The molecule has 4 rings (SSSR count). The Hall–Kier alpha value is 1.40. The van der Waals surface area contributed by atoms with Crippen molar-refractivity contribution in [3.63, 3.8) is 0 Å². The number of thioether (sulfide) groups is 4. The fourth-order valence-corrected chi connectivity index (χ4v) is 9.46. The van der Waals surface area contributed by atoms with Crippen molar-refractivity contribution in [3.8, 4) is 0 Å². The van der Waals surface area contributed by atoms with Crippen molar-refractivity contribution in [2.75, 3.05) is 0 Å². The highest BCUT2D eigenvalue weighted by atomic mass is 32.2. The van der Waals surface area contributed by atoms with Crippen LogP contribution in [0.25, 0.3) is 0 Å². The van der Waals surface area contributed by atoms with Crippen LogP contribution in [0.2, 0.25) is 0 Å². The van der Waals surface area contributed by atoms with E-state index >= 15 is 0 Å². The van der Waals surface area contributed by atoms with Crippen LogP contribution >= 0.6 is 47.0 Å². The van der Waals surface area contributed by atoms with Crippen LogP contribution < -0.4 is 0 Å². The van der Waals surface area contributed by atoms with Gasteiger partial charge >= 0.3 is 0 Å². The lowest BCUT2D eigenvalue weighted by atomic mass is 9.72. The highest BCUT2D eigenvalue weighted by Crippen LogP contribution is 2.77. The average Bonchev–Trinajstić information content (AvgIpc) is 2.99. The van der Waals surface area contributed by atoms with E-state index in [0.717, 1.165) is 42.0 Å². The zero-order valence-corrected chi connectivity index (χ0v) is 14.0. The maximum absolute atomic E-state index is 2.46. The molecule has 0 amide bonds. The lowest BCUT2D eigenvalue weighted by Crippen LogP contribution is -2.45. The normalized spacial score (nSPS) is 62.8. The van der Waals surface area contributed by atoms with Gasteiger partial charge in [-0.1, -0.05) is 27.7 Å². The van der Waals surface area contributed by atoms with Crippen molar-refractivity contribution in [1.29, 1.82) is 0 Å². The SMILES string of the molecule is CC1SC1C(C1SC1C)(C1SC1C)C1SC1C. The van der Waals surface area contributed by atoms with Gasteiger partial charge in [0.1, 0.15) is 0 Å². The first-order valence-electron chi connectivity index (χ1n) is 6.68. The molecule has 4 saturated heterocycles. The molecule has 4 heteroatoms. The molecule has 0 aromatic heterocycles. The minimum Gasteiger partial charge on any atom is -0.152 e. The monoisotopic (exact) mass is 304 g/mol. The summed E-state index contributed by atoms with van der Waals surface area (Å²) in [4.78, 5) is 0. The molecule has 0 spiro atoms. The first-order valence-corrected chi connectivity index (χ1v) is 10.5. The Bertz CT molecular complexity index is 288. The van der Waals surface area contributed by atoms with Crippen molar-refractivity contribution in [1.82, 2.24) is 0 Å². The van der Waals surface area contributed by atoms with E-state index < -0.39 is 0 Å². The molecule has 0 aliphatic carbocycles. The first-order chi connectivity index (χ1) is 8.06. The van der Waals surface area contributed by atoms with Gasteiger partial charge in [0.05, 0.1) is 0 Å². The Labute approximate surface area is 122 Å². The van der Waals surface area contributed by atoms with Gasteiger partial charge in [-0.3, -0.25) is 0 Å². The molecule has 96 valence electrons. The molecular weight excluding hydrogens is 284 g/mol. The first kappa shape index (κ1) is 12.2. The van der Waals surface area contributed by atoms with Crippen LogP contribution in [0.5, 0.6) is 0 Å². The molecule has 4 heterocycles. The standard InChI is InChI=1S/C13H20S4/c1-5-9(14-5)13(10-6(2)15-10,11-7(3)16-11)12-8(4)17-12/h5-12H,1-4H3. The summed E-state index contributed by atoms with van der Waals surface area (Å²) in [7, 11) is 0. The molecule has 0 aromatic rings. The van der Waals surface area contributed by atoms with E-state index in [4.69, 9.17) is 0 Å². The van der Waals surface area contributed by atoms with Crippen molar-refractivity contribution < 1.29 is 0 Å². The van der Waals surface area contributed by atoms with Crippen LogP contribution in [0.3, 0.4) is 0 Å². The van der Waals surface area contributed by atoms with Crippen LogP contribution in [0.15, 0.2) is 0 Å². The molecule has 0 N–H and O–H groups in total. The summed E-state index contributed by atoms with van der Waals surface area (Å²) < 4.78 is 0. The number of hydrogen-bond donors (Lipinski definition) is 0. The second-order valence-electron chi connectivity index (χ2n) is 6.05. The van der Waals surface area contributed by atoms with Crippen molar-refractivity contribution in [3.05, 3.63) is 0 Å². The van der Waals surface area contributed by atoms with Crippen LogP contribution in [0, 0.1) is 5.41 Å². The second-order valence-corrected chi connectivity index (χ2v) is 12.1. The van der Waals surface area contributed by atoms with Crippen LogP contribution in [-0.2, 0) is 0 Å². The summed E-state index contributed by atoms with van der Waals surface area (Å²) >= 11 is 9.08. The highest BCUT2D eigenvalue weighted by molar-refractivity contribution is 8.11. The fraction of sp³-hybridized carbons (Fsp3) is 1.00. The molecular formula is C13H20S4. The van der Waals surface area contributed by atoms with E-state index in [-0.39, 0.29) is 0 Å². The smallest absolute Gasteiger partial charge is 0.0256 e. The molecule has 4 aliphatic heterocycles. The van der Waals surface area contributed by atoms with E-state index in [2.05, 4.69) is 74.7 Å². The summed E-state index contributed by atoms with van der Waals surface area (Å²) in [6, 6.07) is 0. The molecule has 4 aliphatic rings. The predicted octanol–water partition coefficient (Wildman–Crippen LogP) is 3.99. The lowest BCUT2D eigenvalue weighted by Gasteiger charge is -2.33. The summed E-state index contributed by atoms with van der Waals surface area (Å²) in [5.74, 6) is 0. The number of rotatable bonds is 4.